The predicted molar refractivity (Wildman–Crippen MR) is 299 cm³/mol. The van der Waals surface area contributed by atoms with Crippen LogP contribution in [0.1, 0.15) is 29.2 Å². The van der Waals surface area contributed by atoms with Gasteiger partial charge < -0.3 is 23.4 Å². The zero-order valence-corrected chi connectivity index (χ0v) is 39.6. The standard InChI is InChI=1S/C66H48N4O/c1-4-44-32-33-49(40-57(44)51-23-8-5-18-42(51)2)68-43(3)67(59-27-12-6-19-45(59)38-46-20-7-13-28-60(46)68)47-21-17-22-48(39-47)69-61-29-14-9-24-52(61)55-35-36-56-53-25-10-15-30-62(53)70(66(56)65(55)69)50-34-37-64-58(41-50)54-26-11-16-31-63(54)71-64/h4-37,39-41,43H,1,38H2,2-3H3. The van der Waals surface area contributed by atoms with Gasteiger partial charge in [0.2, 0.25) is 0 Å². The lowest BCUT2D eigenvalue weighted by Gasteiger charge is -2.43. The highest BCUT2D eigenvalue weighted by atomic mass is 16.3. The molecular weight excluding hydrogens is 865 g/mol. The van der Waals surface area contributed by atoms with E-state index < -0.39 is 0 Å². The summed E-state index contributed by atoms with van der Waals surface area (Å²) in [5.74, 6) is 0. The number of hydrogen-bond acceptors (Lipinski definition) is 3. The van der Waals surface area contributed by atoms with Crippen molar-refractivity contribution < 1.29 is 4.42 Å². The summed E-state index contributed by atoms with van der Waals surface area (Å²) < 4.78 is 11.3. The van der Waals surface area contributed by atoms with Crippen LogP contribution in [0.5, 0.6) is 0 Å². The normalized spacial score (nSPS) is 13.9. The van der Waals surface area contributed by atoms with E-state index in [1.807, 2.05) is 12.1 Å². The van der Waals surface area contributed by atoms with E-state index in [9.17, 15) is 0 Å². The Morgan fingerprint density at radius 1 is 0.437 bits per heavy atom. The first-order valence-electron chi connectivity index (χ1n) is 24.6. The molecule has 14 rings (SSSR count). The van der Waals surface area contributed by atoms with E-state index in [4.69, 9.17) is 4.42 Å². The fourth-order valence-electron chi connectivity index (χ4n) is 11.9. The second-order valence-corrected chi connectivity index (χ2v) is 19.0. The average molecular weight is 913 g/mol. The third-order valence-corrected chi connectivity index (χ3v) is 15.1. The second kappa shape index (κ2) is 16.0. The summed E-state index contributed by atoms with van der Waals surface area (Å²) in [4.78, 5) is 5.09. The minimum atomic E-state index is -0.159. The molecule has 1 unspecified atom stereocenters. The molecule has 13 aromatic rings. The van der Waals surface area contributed by atoms with Crippen LogP contribution in [0.3, 0.4) is 0 Å². The van der Waals surface area contributed by atoms with Gasteiger partial charge in [0.05, 0.1) is 22.1 Å². The first-order valence-corrected chi connectivity index (χ1v) is 24.6. The van der Waals surface area contributed by atoms with Crippen molar-refractivity contribution in [1.82, 2.24) is 9.13 Å². The molecular formula is C66H48N4O. The van der Waals surface area contributed by atoms with Gasteiger partial charge in [0.25, 0.3) is 0 Å². The minimum Gasteiger partial charge on any atom is -0.456 e. The molecule has 0 fully saturated rings. The van der Waals surface area contributed by atoms with E-state index in [-0.39, 0.29) is 6.17 Å². The maximum atomic E-state index is 6.35. The Bertz CT molecular complexity index is 4300. The maximum Gasteiger partial charge on any atom is 0.135 e. The summed E-state index contributed by atoms with van der Waals surface area (Å²) >= 11 is 0. The fraction of sp³-hybridized carbons (Fsp3) is 0.0606. The summed E-state index contributed by atoms with van der Waals surface area (Å²) in [5, 5.41) is 7.06. The lowest BCUT2D eigenvalue weighted by Crippen LogP contribution is -2.43. The first kappa shape index (κ1) is 41.0. The number of nitrogens with zero attached hydrogens (tertiary/aromatic N) is 4. The molecule has 0 saturated heterocycles. The SMILES string of the molecule is C=Cc1ccc(N2c3ccccc3Cc3ccccc3N(c3cccc(-n4c5ccccc5c5ccc6c7ccccc7n(-c7ccc8oc9ccccc9c8c7)c6c54)c3)C2C)cc1-c1ccccc1C. The molecule has 0 saturated carbocycles. The van der Waals surface area contributed by atoms with E-state index in [2.05, 4.69) is 252 Å². The van der Waals surface area contributed by atoms with E-state index in [0.717, 1.165) is 78.7 Å². The van der Waals surface area contributed by atoms with E-state index in [1.165, 1.54) is 60.7 Å². The van der Waals surface area contributed by atoms with Crippen molar-refractivity contribution in [3.8, 4) is 22.5 Å². The van der Waals surface area contributed by atoms with E-state index in [1.54, 1.807) is 0 Å². The Labute approximate surface area is 412 Å². The second-order valence-electron chi connectivity index (χ2n) is 19.0. The monoisotopic (exact) mass is 912 g/mol. The van der Waals surface area contributed by atoms with Crippen molar-refractivity contribution in [3.63, 3.8) is 0 Å². The highest BCUT2D eigenvalue weighted by Crippen LogP contribution is 2.46. The number of benzene rings is 10. The van der Waals surface area contributed by atoms with Gasteiger partial charge in [-0.3, -0.25) is 0 Å². The van der Waals surface area contributed by atoms with Crippen LogP contribution in [0.15, 0.2) is 229 Å². The van der Waals surface area contributed by atoms with Gasteiger partial charge in [-0.15, -0.1) is 0 Å². The molecule has 1 aliphatic heterocycles. The molecule has 3 aromatic heterocycles. The molecule has 71 heavy (non-hydrogen) atoms. The Balaban J connectivity index is 1.01. The number of rotatable bonds is 6. The average Bonchev–Trinajstić information content (AvgIpc) is 4.08. The number of para-hydroxylation sites is 5. The molecule has 0 bridgehead atoms. The molecule has 5 nitrogen and oxygen atoms in total. The quantitative estimate of drug-likeness (QED) is 0.166. The highest BCUT2D eigenvalue weighted by Gasteiger charge is 2.31. The zero-order valence-electron chi connectivity index (χ0n) is 39.6. The number of aromatic nitrogens is 2. The number of hydrogen-bond donors (Lipinski definition) is 0. The van der Waals surface area contributed by atoms with Crippen molar-refractivity contribution in [1.29, 1.82) is 0 Å². The van der Waals surface area contributed by atoms with E-state index >= 15 is 0 Å². The van der Waals surface area contributed by atoms with Crippen molar-refractivity contribution in [2.75, 3.05) is 9.80 Å². The van der Waals surface area contributed by atoms with Crippen LogP contribution < -0.4 is 9.80 Å². The summed E-state index contributed by atoms with van der Waals surface area (Å²) in [5.41, 5.74) is 20.5. The largest absolute Gasteiger partial charge is 0.456 e. The summed E-state index contributed by atoms with van der Waals surface area (Å²) in [6, 6.07) is 80.0. The molecule has 338 valence electrons. The molecule has 0 aliphatic carbocycles. The van der Waals surface area contributed by atoms with Crippen molar-refractivity contribution in [2.24, 2.45) is 0 Å². The molecule has 5 heteroatoms. The number of aryl methyl sites for hydroxylation is 1. The lowest BCUT2D eigenvalue weighted by molar-refractivity contribution is 0.669. The van der Waals surface area contributed by atoms with Gasteiger partial charge in [0.1, 0.15) is 17.3 Å². The van der Waals surface area contributed by atoms with Crippen LogP contribution in [0.25, 0.3) is 94.1 Å². The topological polar surface area (TPSA) is 29.5 Å². The number of anilines is 4. The molecule has 1 aliphatic rings. The lowest BCUT2D eigenvalue weighted by atomic mass is 9.94. The maximum absolute atomic E-state index is 6.35. The molecule has 10 aromatic carbocycles. The van der Waals surface area contributed by atoms with Crippen LogP contribution in [-0.4, -0.2) is 15.3 Å². The van der Waals surface area contributed by atoms with Crippen LogP contribution in [0, 0.1) is 6.92 Å². The first-order chi connectivity index (χ1) is 35.0. The van der Waals surface area contributed by atoms with Gasteiger partial charge in [-0.2, -0.15) is 0 Å². The summed E-state index contributed by atoms with van der Waals surface area (Å²) in [6.07, 6.45) is 2.61. The van der Waals surface area contributed by atoms with Crippen LogP contribution in [0.2, 0.25) is 0 Å². The third kappa shape index (κ3) is 6.26. The van der Waals surface area contributed by atoms with Crippen molar-refractivity contribution in [2.45, 2.75) is 26.4 Å². The van der Waals surface area contributed by atoms with Crippen molar-refractivity contribution >= 4 is 94.4 Å². The molecule has 0 radical (unpaired) electrons. The minimum absolute atomic E-state index is 0.159. The molecule has 0 N–H and O–H groups in total. The van der Waals surface area contributed by atoms with Crippen LogP contribution in [0.4, 0.5) is 22.7 Å². The molecule has 4 heterocycles. The molecule has 0 amide bonds. The third-order valence-electron chi connectivity index (χ3n) is 15.1. The van der Waals surface area contributed by atoms with E-state index in [0.29, 0.717) is 0 Å². The zero-order chi connectivity index (χ0) is 47.3. The van der Waals surface area contributed by atoms with Crippen LogP contribution in [-0.2, 0) is 6.42 Å². The van der Waals surface area contributed by atoms with Gasteiger partial charge in [-0.05, 0) is 126 Å². The predicted octanol–water partition coefficient (Wildman–Crippen LogP) is 17.6. The Hall–Kier alpha value is -9.06. The molecule has 1 atom stereocenters. The highest BCUT2D eigenvalue weighted by molar-refractivity contribution is 6.24. The van der Waals surface area contributed by atoms with Gasteiger partial charge in [-0.1, -0.05) is 152 Å². The number of furan rings is 1. The van der Waals surface area contributed by atoms with Gasteiger partial charge in [-0.25, -0.2) is 0 Å². The number of fused-ring (bicyclic) bond motifs is 12. The van der Waals surface area contributed by atoms with Crippen molar-refractivity contribution in [3.05, 3.63) is 247 Å². The van der Waals surface area contributed by atoms with Crippen LogP contribution >= 0.6 is 0 Å². The Kier molecular flexibility index (Phi) is 9.24. The summed E-state index contributed by atoms with van der Waals surface area (Å²) in [7, 11) is 0. The summed E-state index contributed by atoms with van der Waals surface area (Å²) in [6.45, 7) is 8.79. The fourth-order valence-corrected chi connectivity index (χ4v) is 11.9. The Morgan fingerprint density at radius 3 is 1.65 bits per heavy atom. The Morgan fingerprint density at radius 2 is 0.972 bits per heavy atom. The van der Waals surface area contributed by atoms with Gasteiger partial charge >= 0.3 is 0 Å². The molecule has 0 spiro atoms. The van der Waals surface area contributed by atoms with Gasteiger partial charge in [0, 0.05) is 72.9 Å². The smallest absolute Gasteiger partial charge is 0.135 e. The van der Waals surface area contributed by atoms with Gasteiger partial charge in [0.15, 0.2) is 0 Å².